The van der Waals surface area contributed by atoms with E-state index >= 15 is 0 Å². The molecule has 0 saturated carbocycles. The molecule has 1 aromatic carbocycles. The number of thioether (sulfide) groups is 1. The molecule has 0 amide bonds. The van der Waals surface area contributed by atoms with Gasteiger partial charge in [-0.05, 0) is 17.4 Å². The van der Waals surface area contributed by atoms with Crippen LogP contribution >= 0.6 is 11.8 Å². The van der Waals surface area contributed by atoms with Gasteiger partial charge in [-0.1, -0.05) is 19.9 Å². The molecule has 0 fully saturated rings. The number of benzene rings is 1. The number of hydrogen-bond acceptors (Lipinski definition) is 2. The fourth-order valence-corrected chi connectivity index (χ4v) is 1.71. The van der Waals surface area contributed by atoms with E-state index in [0.717, 1.165) is 12.1 Å². The van der Waals surface area contributed by atoms with Crippen molar-refractivity contribution in [1.29, 1.82) is 0 Å². The van der Waals surface area contributed by atoms with Gasteiger partial charge < -0.3 is 0 Å². The molecular formula is C11H12F2OS. The van der Waals surface area contributed by atoms with Crippen LogP contribution in [0.25, 0.3) is 0 Å². The van der Waals surface area contributed by atoms with Crippen LogP contribution in [0.2, 0.25) is 0 Å². The number of halogens is 2. The maximum atomic E-state index is 13.2. The predicted molar refractivity (Wildman–Crippen MR) is 58.3 cm³/mol. The zero-order valence-corrected chi connectivity index (χ0v) is 9.41. The summed E-state index contributed by atoms with van der Waals surface area (Å²) < 4.78 is 26.3. The number of hydrogen-bond donors (Lipinski definition) is 0. The van der Waals surface area contributed by atoms with E-state index in [9.17, 15) is 13.6 Å². The van der Waals surface area contributed by atoms with E-state index in [1.807, 2.05) is 13.8 Å². The third-order valence-electron chi connectivity index (χ3n) is 1.79. The highest BCUT2D eigenvalue weighted by Gasteiger charge is 2.16. The summed E-state index contributed by atoms with van der Waals surface area (Å²) in [4.78, 5) is 11.5. The molecule has 0 radical (unpaired) electrons. The van der Waals surface area contributed by atoms with Crippen LogP contribution in [0.15, 0.2) is 18.2 Å². The maximum absolute atomic E-state index is 13.2. The fourth-order valence-electron chi connectivity index (χ4n) is 1.08. The Balaban J connectivity index is 2.82. The lowest BCUT2D eigenvalue weighted by Gasteiger charge is -2.05. The summed E-state index contributed by atoms with van der Waals surface area (Å²) in [7, 11) is 0. The third-order valence-corrected chi connectivity index (χ3v) is 2.88. The Morgan fingerprint density at radius 1 is 1.33 bits per heavy atom. The summed E-state index contributed by atoms with van der Waals surface area (Å²) in [6.45, 7) is 3.85. The van der Waals surface area contributed by atoms with Crippen molar-refractivity contribution < 1.29 is 13.6 Å². The van der Waals surface area contributed by atoms with Gasteiger partial charge in [0.2, 0.25) is 0 Å². The van der Waals surface area contributed by atoms with Crippen LogP contribution < -0.4 is 0 Å². The summed E-state index contributed by atoms with van der Waals surface area (Å²) >= 11 is 1.37. The highest BCUT2D eigenvalue weighted by molar-refractivity contribution is 8.00. The Morgan fingerprint density at radius 2 is 1.87 bits per heavy atom. The first-order valence-electron chi connectivity index (χ1n) is 4.61. The molecule has 0 atom stereocenters. The monoisotopic (exact) mass is 230 g/mol. The second kappa shape index (κ2) is 5.26. The molecular weight excluding hydrogens is 218 g/mol. The lowest BCUT2D eigenvalue weighted by molar-refractivity contribution is 0.101. The Kier molecular flexibility index (Phi) is 4.27. The van der Waals surface area contributed by atoms with Gasteiger partial charge in [0, 0.05) is 0 Å². The predicted octanol–water partition coefficient (Wildman–Crippen LogP) is 3.29. The zero-order valence-electron chi connectivity index (χ0n) is 8.59. The SMILES string of the molecule is CC(C)SCC(=O)c1c(F)cccc1F. The van der Waals surface area contributed by atoms with Crippen LogP contribution in [0.3, 0.4) is 0 Å². The van der Waals surface area contributed by atoms with Crippen molar-refractivity contribution in [2.75, 3.05) is 5.75 Å². The molecule has 0 spiro atoms. The lowest BCUT2D eigenvalue weighted by Crippen LogP contribution is -2.09. The molecule has 1 nitrogen and oxygen atoms in total. The summed E-state index contributed by atoms with van der Waals surface area (Å²) in [5.41, 5.74) is -0.425. The van der Waals surface area contributed by atoms with E-state index < -0.39 is 23.0 Å². The minimum Gasteiger partial charge on any atom is -0.293 e. The highest BCUT2D eigenvalue weighted by Crippen LogP contribution is 2.17. The van der Waals surface area contributed by atoms with E-state index in [-0.39, 0.29) is 11.0 Å². The van der Waals surface area contributed by atoms with Gasteiger partial charge in [0.15, 0.2) is 5.78 Å². The van der Waals surface area contributed by atoms with E-state index in [2.05, 4.69) is 0 Å². The van der Waals surface area contributed by atoms with Crippen molar-refractivity contribution in [3.8, 4) is 0 Å². The van der Waals surface area contributed by atoms with Gasteiger partial charge in [0.25, 0.3) is 0 Å². The molecule has 4 heteroatoms. The molecule has 0 aliphatic rings. The summed E-state index contributed by atoms with van der Waals surface area (Å²) in [5, 5.41) is 0.267. The largest absolute Gasteiger partial charge is 0.293 e. The second-order valence-electron chi connectivity index (χ2n) is 3.38. The maximum Gasteiger partial charge on any atom is 0.178 e. The first-order valence-corrected chi connectivity index (χ1v) is 5.66. The quantitative estimate of drug-likeness (QED) is 0.738. The number of rotatable bonds is 4. The van der Waals surface area contributed by atoms with Crippen molar-refractivity contribution >= 4 is 17.5 Å². The minimum atomic E-state index is -0.788. The molecule has 0 N–H and O–H groups in total. The Hall–Kier alpha value is -0.900. The van der Waals surface area contributed by atoms with Crippen LogP contribution in [0, 0.1) is 11.6 Å². The van der Waals surface area contributed by atoms with Gasteiger partial charge in [0.05, 0.1) is 11.3 Å². The van der Waals surface area contributed by atoms with Crippen LogP contribution in [-0.4, -0.2) is 16.8 Å². The molecule has 0 aliphatic carbocycles. The minimum absolute atomic E-state index is 0.107. The molecule has 0 unspecified atom stereocenters. The van der Waals surface area contributed by atoms with Crippen LogP contribution in [0.1, 0.15) is 24.2 Å². The molecule has 0 bridgehead atoms. The van der Waals surface area contributed by atoms with Crippen molar-refractivity contribution in [3.05, 3.63) is 35.4 Å². The standard InChI is InChI=1S/C11H12F2OS/c1-7(2)15-6-10(14)11-8(12)4-3-5-9(11)13/h3-5,7H,6H2,1-2H3. The normalized spacial score (nSPS) is 10.7. The Morgan fingerprint density at radius 3 is 2.33 bits per heavy atom. The lowest BCUT2D eigenvalue weighted by atomic mass is 10.1. The Bertz CT molecular complexity index is 343. The number of carbonyl (C=O) groups excluding carboxylic acids is 1. The first kappa shape index (κ1) is 12.2. The van der Waals surface area contributed by atoms with E-state index in [1.165, 1.54) is 17.8 Å². The van der Waals surface area contributed by atoms with Crippen molar-refractivity contribution in [2.24, 2.45) is 0 Å². The van der Waals surface area contributed by atoms with Crippen LogP contribution in [0.4, 0.5) is 8.78 Å². The topological polar surface area (TPSA) is 17.1 Å². The van der Waals surface area contributed by atoms with E-state index in [4.69, 9.17) is 0 Å². The average Bonchev–Trinajstić information content (AvgIpc) is 2.14. The van der Waals surface area contributed by atoms with Gasteiger partial charge in [-0.3, -0.25) is 4.79 Å². The molecule has 0 saturated heterocycles. The number of Topliss-reactive ketones (excluding diaryl/α,β-unsaturated/α-hetero) is 1. The molecule has 1 aromatic rings. The summed E-state index contributed by atoms with van der Waals surface area (Å²) in [5.74, 6) is -1.96. The highest BCUT2D eigenvalue weighted by atomic mass is 32.2. The van der Waals surface area contributed by atoms with Crippen molar-refractivity contribution in [1.82, 2.24) is 0 Å². The van der Waals surface area contributed by atoms with E-state index in [1.54, 1.807) is 0 Å². The average molecular weight is 230 g/mol. The van der Waals surface area contributed by atoms with Gasteiger partial charge >= 0.3 is 0 Å². The van der Waals surface area contributed by atoms with Gasteiger partial charge in [-0.25, -0.2) is 8.78 Å². The fraction of sp³-hybridized carbons (Fsp3) is 0.364. The van der Waals surface area contributed by atoms with Crippen LogP contribution in [0.5, 0.6) is 0 Å². The van der Waals surface area contributed by atoms with Crippen molar-refractivity contribution in [2.45, 2.75) is 19.1 Å². The van der Waals surface area contributed by atoms with Crippen molar-refractivity contribution in [3.63, 3.8) is 0 Å². The third kappa shape index (κ3) is 3.30. The molecule has 0 aromatic heterocycles. The number of ketones is 1. The first-order chi connectivity index (χ1) is 7.02. The van der Waals surface area contributed by atoms with Gasteiger partial charge in [-0.2, -0.15) is 11.8 Å². The smallest absolute Gasteiger partial charge is 0.178 e. The van der Waals surface area contributed by atoms with E-state index in [0.29, 0.717) is 0 Å². The summed E-state index contributed by atoms with van der Waals surface area (Å²) in [6, 6.07) is 3.43. The van der Waals surface area contributed by atoms with Gasteiger partial charge in [-0.15, -0.1) is 0 Å². The van der Waals surface area contributed by atoms with Crippen LogP contribution in [-0.2, 0) is 0 Å². The molecule has 1 rings (SSSR count). The molecule has 0 aliphatic heterocycles. The Labute approximate surface area is 91.9 Å². The molecule has 82 valence electrons. The summed E-state index contributed by atoms with van der Waals surface area (Å²) in [6.07, 6.45) is 0. The molecule has 15 heavy (non-hydrogen) atoms. The number of carbonyl (C=O) groups is 1. The van der Waals surface area contributed by atoms with Gasteiger partial charge in [0.1, 0.15) is 11.6 Å². The molecule has 0 heterocycles. The second-order valence-corrected chi connectivity index (χ2v) is 4.94. The zero-order chi connectivity index (χ0) is 11.4.